The van der Waals surface area contributed by atoms with Gasteiger partial charge in [0.15, 0.2) is 5.96 Å². The van der Waals surface area contributed by atoms with Crippen molar-refractivity contribution in [1.82, 2.24) is 14.9 Å². The number of hydrogen-bond donors (Lipinski definition) is 2. The molecule has 0 heterocycles. The zero-order valence-corrected chi connectivity index (χ0v) is 18.0. The lowest BCUT2D eigenvalue weighted by Gasteiger charge is -2.28. The van der Waals surface area contributed by atoms with Crippen LogP contribution in [0.5, 0.6) is 0 Å². The quantitative estimate of drug-likeness (QED) is 0.264. The SMILES string of the molecule is CCN(CCCNC(=NC)NC1CCC(C)CC1)S(C)(=O)=O.I. The molecule has 0 bridgehead atoms. The number of sulfonamides is 1. The zero-order valence-electron chi connectivity index (χ0n) is 14.8. The van der Waals surface area contributed by atoms with E-state index in [1.807, 2.05) is 6.92 Å². The third-order valence-corrected chi connectivity index (χ3v) is 5.66. The Morgan fingerprint density at radius 1 is 1.26 bits per heavy atom. The van der Waals surface area contributed by atoms with Crippen LogP contribution in [0.4, 0.5) is 0 Å². The van der Waals surface area contributed by atoms with Gasteiger partial charge in [-0.2, -0.15) is 0 Å². The molecule has 0 aromatic heterocycles. The summed E-state index contributed by atoms with van der Waals surface area (Å²) < 4.78 is 24.5. The molecule has 138 valence electrons. The van der Waals surface area contributed by atoms with Crippen LogP contribution in [-0.2, 0) is 10.0 Å². The second-order valence-electron chi connectivity index (χ2n) is 6.21. The average Bonchev–Trinajstić information content (AvgIpc) is 2.46. The van der Waals surface area contributed by atoms with Gasteiger partial charge in [-0.1, -0.05) is 13.8 Å². The minimum absolute atomic E-state index is 0. The predicted octanol–water partition coefficient (Wildman–Crippen LogP) is 2.02. The van der Waals surface area contributed by atoms with Crippen molar-refractivity contribution < 1.29 is 8.42 Å². The Labute approximate surface area is 159 Å². The Hall–Kier alpha value is -0.0900. The molecule has 6 nitrogen and oxygen atoms in total. The highest BCUT2D eigenvalue weighted by atomic mass is 127. The summed E-state index contributed by atoms with van der Waals surface area (Å²) in [7, 11) is -1.32. The normalized spacial score (nSPS) is 22.6. The summed E-state index contributed by atoms with van der Waals surface area (Å²) in [6.07, 6.45) is 6.96. The summed E-state index contributed by atoms with van der Waals surface area (Å²) in [5.74, 6) is 1.66. The fourth-order valence-electron chi connectivity index (χ4n) is 2.81. The van der Waals surface area contributed by atoms with E-state index in [-0.39, 0.29) is 24.0 Å². The van der Waals surface area contributed by atoms with Gasteiger partial charge in [-0.15, -0.1) is 24.0 Å². The molecule has 0 aromatic carbocycles. The summed E-state index contributed by atoms with van der Waals surface area (Å²) in [5.41, 5.74) is 0. The highest BCUT2D eigenvalue weighted by Gasteiger charge is 2.19. The molecule has 1 aliphatic carbocycles. The van der Waals surface area contributed by atoms with Gasteiger partial charge in [0.1, 0.15) is 0 Å². The van der Waals surface area contributed by atoms with Gasteiger partial charge in [0.2, 0.25) is 10.0 Å². The fraction of sp³-hybridized carbons (Fsp3) is 0.933. The predicted molar refractivity (Wildman–Crippen MR) is 108 cm³/mol. The molecule has 0 unspecified atom stereocenters. The third-order valence-electron chi connectivity index (χ3n) is 4.28. The van der Waals surface area contributed by atoms with E-state index in [4.69, 9.17) is 0 Å². The van der Waals surface area contributed by atoms with Crippen molar-refractivity contribution in [3.05, 3.63) is 0 Å². The van der Waals surface area contributed by atoms with Crippen molar-refractivity contribution >= 4 is 40.0 Å². The molecule has 0 saturated heterocycles. The van der Waals surface area contributed by atoms with E-state index in [0.29, 0.717) is 19.1 Å². The van der Waals surface area contributed by atoms with Crippen LogP contribution in [0.2, 0.25) is 0 Å². The van der Waals surface area contributed by atoms with Crippen LogP contribution in [0.3, 0.4) is 0 Å². The van der Waals surface area contributed by atoms with Crippen LogP contribution in [0.15, 0.2) is 4.99 Å². The maximum Gasteiger partial charge on any atom is 0.211 e. The Balaban J connectivity index is 0.00000484. The Morgan fingerprint density at radius 3 is 2.35 bits per heavy atom. The molecule has 1 saturated carbocycles. The molecule has 0 atom stereocenters. The summed E-state index contributed by atoms with van der Waals surface area (Å²) in [6.45, 7) is 5.95. The number of nitrogens with one attached hydrogen (secondary N) is 2. The van der Waals surface area contributed by atoms with Crippen molar-refractivity contribution in [3.8, 4) is 0 Å². The zero-order chi connectivity index (χ0) is 16.6. The molecule has 0 radical (unpaired) electrons. The highest BCUT2D eigenvalue weighted by Crippen LogP contribution is 2.23. The molecule has 23 heavy (non-hydrogen) atoms. The lowest BCUT2D eigenvalue weighted by atomic mass is 9.87. The van der Waals surface area contributed by atoms with E-state index in [1.54, 1.807) is 7.05 Å². The number of guanidine groups is 1. The highest BCUT2D eigenvalue weighted by molar-refractivity contribution is 14.0. The Bertz CT molecular complexity index is 448. The number of aliphatic imine (C=N–C) groups is 1. The van der Waals surface area contributed by atoms with E-state index in [2.05, 4.69) is 22.5 Å². The van der Waals surface area contributed by atoms with Gasteiger partial charge >= 0.3 is 0 Å². The summed E-state index contributed by atoms with van der Waals surface area (Å²) in [6, 6.07) is 0.505. The summed E-state index contributed by atoms with van der Waals surface area (Å²) in [4.78, 5) is 4.25. The van der Waals surface area contributed by atoms with E-state index >= 15 is 0 Å². The van der Waals surface area contributed by atoms with E-state index in [1.165, 1.54) is 36.2 Å². The maximum atomic E-state index is 11.5. The Kier molecular flexibility index (Phi) is 11.4. The van der Waals surface area contributed by atoms with Crippen LogP contribution in [-0.4, -0.2) is 57.7 Å². The van der Waals surface area contributed by atoms with Crippen LogP contribution in [0.25, 0.3) is 0 Å². The smallest absolute Gasteiger partial charge is 0.211 e. The minimum atomic E-state index is -3.09. The van der Waals surface area contributed by atoms with Gasteiger partial charge in [-0.05, 0) is 38.0 Å². The average molecular weight is 460 g/mol. The van der Waals surface area contributed by atoms with Crippen molar-refractivity contribution in [2.45, 2.75) is 52.0 Å². The van der Waals surface area contributed by atoms with Gasteiger partial charge < -0.3 is 10.6 Å². The third kappa shape index (κ3) is 9.09. The van der Waals surface area contributed by atoms with Crippen molar-refractivity contribution in [2.24, 2.45) is 10.9 Å². The molecule has 0 amide bonds. The first kappa shape index (κ1) is 22.9. The van der Waals surface area contributed by atoms with E-state index in [9.17, 15) is 8.42 Å². The first-order chi connectivity index (χ1) is 10.4. The molecular weight excluding hydrogens is 427 g/mol. The van der Waals surface area contributed by atoms with Gasteiger partial charge in [-0.3, -0.25) is 4.99 Å². The largest absolute Gasteiger partial charge is 0.356 e. The monoisotopic (exact) mass is 460 g/mol. The molecule has 2 N–H and O–H groups in total. The first-order valence-corrected chi connectivity index (χ1v) is 10.1. The lowest BCUT2D eigenvalue weighted by molar-refractivity contribution is 0.329. The number of hydrogen-bond acceptors (Lipinski definition) is 3. The minimum Gasteiger partial charge on any atom is -0.356 e. The molecule has 1 aliphatic rings. The molecule has 0 aliphatic heterocycles. The van der Waals surface area contributed by atoms with Gasteiger partial charge in [0, 0.05) is 32.7 Å². The molecule has 0 aromatic rings. The van der Waals surface area contributed by atoms with E-state index < -0.39 is 10.0 Å². The molecular formula is C15H33IN4O2S. The number of rotatable bonds is 7. The first-order valence-electron chi connectivity index (χ1n) is 8.29. The fourth-order valence-corrected chi connectivity index (χ4v) is 3.74. The van der Waals surface area contributed by atoms with Crippen molar-refractivity contribution in [2.75, 3.05) is 32.9 Å². The van der Waals surface area contributed by atoms with Crippen LogP contribution < -0.4 is 10.6 Å². The number of halogens is 1. The number of nitrogens with zero attached hydrogens (tertiary/aromatic N) is 2. The topological polar surface area (TPSA) is 73.8 Å². The summed E-state index contributed by atoms with van der Waals surface area (Å²) >= 11 is 0. The Morgan fingerprint density at radius 2 is 1.87 bits per heavy atom. The maximum absolute atomic E-state index is 11.5. The van der Waals surface area contributed by atoms with Crippen molar-refractivity contribution in [3.63, 3.8) is 0 Å². The second kappa shape index (κ2) is 11.5. The molecule has 1 fully saturated rings. The van der Waals surface area contributed by atoms with Crippen LogP contribution >= 0.6 is 24.0 Å². The molecule has 0 spiro atoms. The van der Waals surface area contributed by atoms with Gasteiger partial charge in [0.05, 0.1) is 6.26 Å². The standard InChI is InChI=1S/C15H32N4O2S.HI/c1-5-19(22(4,20)21)12-6-11-17-15(16-3)18-14-9-7-13(2)8-10-14;/h13-14H,5-12H2,1-4H3,(H2,16,17,18);1H. The van der Waals surface area contributed by atoms with Crippen LogP contribution in [0, 0.1) is 5.92 Å². The summed E-state index contributed by atoms with van der Waals surface area (Å²) in [5, 5.41) is 6.74. The van der Waals surface area contributed by atoms with Crippen molar-refractivity contribution in [1.29, 1.82) is 0 Å². The molecule has 1 rings (SSSR count). The van der Waals surface area contributed by atoms with E-state index in [0.717, 1.165) is 24.8 Å². The molecule has 8 heteroatoms. The van der Waals surface area contributed by atoms with Gasteiger partial charge in [0.25, 0.3) is 0 Å². The van der Waals surface area contributed by atoms with Crippen LogP contribution in [0.1, 0.15) is 46.0 Å². The second-order valence-corrected chi connectivity index (χ2v) is 8.19. The lowest BCUT2D eigenvalue weighted by Crippen LogP contribution is -2.45. The van der Waals surface area contributed by atoms with Gasteiger partial charge in [-0.25, -0.2) is 12.7 Å².